The summed E-state index contributed by atoms with van der Waals surface area (Å²) in [6, 6.07) is 7.61. The van der Waals surface area contributed by atoms with Gasteiger partial charge in [-0.2, -0.15) is 0 Å². The van der Waals surface area contributed by atoms with Crippen LogP contribution in [0.5, 0.6) is 0 Å². The molecule has 0 aromatic heterocycles. The second-order valence-corrected chi connectivity index (χ2v) is 4.74. The number of benzene rings is 1. The van der Waals surface area contributed by atoms with Gasteiger partial charge in [0.2, 0.25) is 0 Å². The molecular formula is C13H15NO3. The van der Waals surface area contributed by atoms with Gasteiger partial charge in [0.1, 0.15) is 0 Å². The Morgan fingerprint density at radius 2 is 2.24 bits per heavy atom. The van der Waals surface area contributed by atoms with E-state index in [1.165, 1.54) is 0 Å². The smallest absolute Gasteiger partial charge is 0.329 e. The predicted molar refractivity (Wildman–Crippen MR) is 63.2 cm³/mol. The molecular weight excluding hydrogens is 218 g/mol. The number of fused-ring (bicyclic) bond motifs is 2. The highest BCUT2D eigenvalue weighted by Gasteiger charge is 2.51. The molecule has 2 aliphatic heterocycles. The number of carboxylic acids is 1. The highest BCUT2D eigenvalue weighted by molar-refractivity contribution is 5.81. The number of hydrogen-bond donors (Lipinski definition) is 1. The Kier molecular flexibility index (Phi) is 2.33. The summed E-state index contributed by atoms with van der Waals surface area (Å²) < 4.78 is 5.49. The van der Waals surface area contributed by atoms with Crippen LogP contribution in [-0.4, -0.2) is 35.9 Å². The van der Waals surface area contributed by atoms with Crippen LogP contribution >= 0.6 is 0 Å². The molecule has 3 atom stereocenters. The SMILES string of the molecule is Cc1ccccc1N1C2COC(C2)C1C(=O)O. The Bertz CT molecular complexity index is 460. The van der Waals surface area contributed by atoms with Gasteiger partial charge >= 0.3 is 5.97 Å². The van der Waals surface area contributed by atoms with Gasteiger partial charge in [-0.15, -0.1) is 0 Å². The van der Waals surface area contributed by atoms with E-state index < -0.39 is 12.0 Å². The summed E-state index contributed by atoms with van der Waals surface area (Å²) >= 11 is 0. The van der Waals surface area contributed by atoms with Gasteiger partial charge in [0, 0.05) is 5.69 Å². The van der Waals surface area contributed by atoms with Gasteiger partial charge in [0.25, 0.3) is 0 Å². The van der Waals surface area contributed by atoms with Crippen LogP contribution < -0.4 is 4.90 Å². The van der Waals surface area contributed by atoms with Gasteiger partial charge in [0.15, 0.2) is 6.04 Å². The Morgan fingerprint density at radius 3 is 2.94 bits per heavy atom. The van der Waals surface area contributed by atoms with Crippen molar-refractivity contribution in [2.24, 2.45) is 0 Å². The summed E-state index contributed by atoms with van der Waals surface area (Å²) in [5.41, 5.74) is 2.14. The lowest BCUT2D eigenvalue weighted by Crippen LogP contribution is -2.50. The zero-order chi connectivity index (χ0) is 12.0. The second-order valence-electron chi connectivity index (χ2n) is 4.74. The highest BCUT2D eigenvalue weighted by Crippen LogP contribution is 2.38. The van der Waals surface area contributed by atoms with E-state index in [1.54, 1.807) is 0 Å². The monoisotopic (exact) mass is 233 g/mol. The average molecular weight is 233 g/mol. The standard InChI is InChI=1S/C13H15NO3/c1-8-4-2-3-5-10(8)14-9-6-11(17-7-9)12(14)13(15)16/h2-5,9,11-12H,6-7H2,1H3,(H,15,16). The third-order valence-electron chi connectivity index (χ3n) is 3.70. The number of hydrogen-bond acceptors (Lipinski definition) is 3. The van der Waals surface area contributed by atoms with E-state index >= 15 is 0 Å². The molecule has 2 heterocycles. The molecule has 1 N–H and O–H groups in total. The molecule has 4 nitrogen and oxygen atoms in total. The van der Waals surface area contributed by atoms with Crippen molar-refractivity contribution in [1.82, 2.24) is 0 Å². The molecule has 2 aliphatic rings. The van der Waals surface area contributed by atoms with Crippen LogP contribution in [0.1, 0.15) is 12.0 Å². The molecule has 0 saturated carbocycles. The number of carbonyl (C=O) groups is 1. The first-order valence-electron chi connectivity index (χ1n) is 5.87. The molecule has 2 bridgehead atoms. The van der Waals surface area contributed by atoms with E-state index in [2.05, 4.69) is 0 Å². The fraction of sp³-hybridized carbons (Fsp3) is 0.462. The van der Waals surface area contributed by atoms with Crippen LogP contribution in [0.25, 0.3) is 0 Å². The van der Waals surface area contributed by atoms with Crippen molar-refractivity contribution in [1.29, 1.82) is 0 Å². The maximum Gasteiger partial charge on any atom is 0.329 e. The van der Waals surface area contributed by atoms with Crippen LogP contribution in [0, 0.1) is 6.92 Å². The van der Waals surface area contributed by atoms with Gasteiger partial charge in [-0.1, -0.05) is 18.2 Å². The zero-order valence-electron chi connectivity index (χ0n) is 9.67. The first-order valence-corrected chi connectivity index (χ1v) is 5.87. The maximum atomic E-state index is 11.4. The number of aryl methyl sites for hydroxylation is 1. The average Bonchev–Trinajstić information content (AvgIpc) is 2.89. The van der Waals surface area contributed by atoms with Crippen molar-refractivity contribution in [2.45, 2.75) is 31.5 Å². The lowest BCUT2D eigenvalue weighted by molar-refractivity contribution is -0.141. The Morgan fingerprint density at radius 1 is 1.47 bits per heavy atom. The molecule has 1 aromatic carbocycles. The van der Waals surface area contributed by atoms with Crippen LogP contribution in [-0.2, 0) is 9.53 Å². The van der Waals surface area contributed by atoms with Gasteiger partial charge in [-0.25, -0.2) is 4.79 Å². The summed E-state index contributed by atoms with van der Waals surface area (Å²) in [4.78, 5) is 13.4. The topological polar surface area (TPSA) is 49.8 Å². The molecule has 17 heavy (non-hydrogen) atoms. The second kappa shape index (κ2) is 3.74. The van der Waals surface area contributed by atoms with E-state index in [4.69, 9.17) is 4.74 Å². The van der Waals surface area contributed by atoms with Crippen molar-refractivity contribution in [2.75, 3.05) is 11.5 Å². The quantitative estimate of drug-likeness (QED) is 0.839. The maximum absolute atomic E-state index is 11.4. The minimum Gasteiger partial charge on any atom is -0.480 e. The molecule has 2 fully saturated rings. The Hall–Kier alpha value is -1.55. The molecule has 0 spiro atoms. The van der Waals surface area contributed by atoms with Crippen LogP contribution in [0.2, 0.25) is 0 Å². The number of anilines is 1. The number of morpholine rings is 1. The van der Waals surface area contributed by atoms with E-state index in [9.17, 15) is 9.90 Å². The minimum absolute atomic E-state index is 0.155. The fourth-order valence-electron chi connectivity index (χ4n) is 2.94. The first-order chi connectivity index (χ1) is 8.18. The summed E-state index contributed by atoms with van der Waals surface area (Å²) in [6.07, 6.45) is 0.669. The Labute approximate surface area is 99.8 Å². The van der Waals surface area contributed by atoms with Crippen molar-refractivity contribution >= 4 is 11.7 Å². The van der Waals surface area contributed by atoms with Gasteiger partial charge in [0.05, 0.1) is 18.8 Å². The van der Waals surface area contributed by atoms with Crippen molar-refractivity contribution in [3.05, 3.63) is 29.8 Å². The number of carboxylic acid groups (broad SMARTS) is 1. The molecule has 0 amide bonds. The number of ether oxygens (including phenoxy) is 1. The normalized spacial score (nSPS) is 30.9. The van der Waals surface area contributed by atoms with Crippen LogP contribution in [0.3, 0.4) is 0 Å². The number of para-hydroxylation sites is 1. The zero-order valence-corrected chi connectivity index (χ0v) is 9.67. The molecule has 0 radical (unpaired) electrons. The van der Waals surface area contributed by atoms with Gasteiger partial charge < -0.3 is 14.7 Å². The Balaban J connectivity index is 2.02. The molecule has 1 aromatic rings. The number of aliphatic carboxylic acids is 1. The van der Waals surface area contributed by atoms with E-state index in [0.717, 1.165) is 17.7 Å². The number of rotatable bonds is 2. The third kappa shape index (κ3) is 1.52. The van der Waals surface area contributed by atoms with E-state index in [-0.39, 0.29) is 12.1 Å². The highest BCUT2D eigenvalue weighted by atomic mass is 16.5. The molecule has 90 valence electrons. The van der Waals surface area contributed by atoms with E-state index in [1.807, 2.05) is 36.1 Å². The number of nitrogens with zero attached hydrogens (tertiary/aromatic N) is 1. The van der Waals surface area contributed by atoms with Gasteiger partial charge in [-0.05, 0) is 25.0 Å². The van der Waals surface area contributed by atoms with Crippen LogP contribution in [0.15, 0.2) is 24.3 Å². The van der Waals surface area contributed by atoms with Gasteiger partial charge in [-0.3, -0.25) is 0 Å². The lowest BCUT2D eigenvalue weighted by atomic mass is 10.1. The summed E-state index contributed by atoms with van der Waals surface area (Å²) in [7, 11) is 0. The summed E-state index contributed by atoms with van der Waals surface area (Å²) in [6.45, 7) is 2.66. The lowest BCUT2D eigenvalue weighted by Gasteiger charge is -2.35. The molecule has 3 unspecified atom stereocenters. The van der Waals surface area contributed by atoms with E-state index in [0.29, 0.717) is 6.61 Å². The molecule has 4 heteroatoms. The van der Waals surface area contributed by atoms with Crippen molar-refractivity contribution in [3.63, 3.8) is 0 Å². The molecule has 2 saturated heterocycles. The predicted octanol–water partition coefficient (Wildman–Crippen LogP) is 1.43. The van der Waals surface area contributed by atoms with Crippen molar-refractivity contribution < 1.29 is 14.6 Å². The summed E-state index contributed by atoms with van der Waals surface area (Å²) in [5.74, 6) is -0.791. The molecule has 3 rings (SSSR count). The van der Waals surface area contributed by atoms with Crippen LogP contribution in [0.4, 0.5) is 5.69 Å². The fourth-order valence-corrected chi connectivity index (χ4v) is 2.94. The first kappa shape index (κ1) is 10.6. The minimum atomic E-state index is -0.791. The van der Waals surface area contributed by atoms with Crippen molar-refractivity contribution in [3.8, 4) is 0 Å². The summed E-state index contributed by atoms with van der Waals surface area (Å²) in [5, 5.41) is 9.34. The molecule has 0 aliphatic carbocycles. The largest absolute Gasteiger partial charge is 0.480 e. The third-order valence-corrected chi connectivity index (χ3v) is 3.70.